The molecular weight excluding hydrogens is 391 g/mol. The van der Waals surface area contributed by atoms with Gasteiger partial charge in [0.1, 0.15) is 0 Å². The summed E-state index contributed by atoms with van der Waals surface area (Å²) in [6, 6.07) is 14.7. The molecule has 0 N–H and O–H groups in total. The number of rotatable bonds is 3. The maximum atomic E-state index is 12.8. The van der Waals surface area contributed by atoms with Crippen LogP contribution in [0.25, 0.3) is 6.08 Å². The van der Waals surface area contributed by atoms with Crippen LogP contribution in [0.1, 0.15) is 29.0 Å². The zero-order valence-electron chi connectivity index (χ0n) is 12.8. The molecule has 0 aromatic heterocycles. The second kappa shape index (κ2) is 5.68. The van der Waals surface area contributed by atoms with Gasteiger partial charge in [0, 0.05) is 0 Å². The summed E-state index contributed by atoms with van der Waals surface area (Å²) in [5, 5.41) is 0. The van der Waals surface area contributed by atoms with Gasteiger partial charge in [0.2, 0.25) is 0 Å². The summed E-state index contributed by atoms with van der Waals surface area (Å²) in [6.45, 7) is 0. The fourth-order valence-corrected chi connectivity index (χ4v) is 11.6. The van der Waals surface area contributed by atoms with Gasteiger partial charge in [-0.3, -0.25) is 0 Å². The van der Waals surface area contributed by atoms with Gasteiger partial charge >= 0.3 is 143 Å². The van der Waals surface area contributed by atoms with Crippen LogP contribution in [0.5, 0.6) is 0 Å². The molecule has 0 amide bonds. The minimum atomic E-state index is -2.10. The zero-order chi connectivity index (χ0) is 16.0. The molecule has 3 nitrogen and oxygen atoms in total. The number of benzene rings is 2. The summed E-state index contributed by atoms with van der Waals surface area (Å²) >= 11 is -2.10. The van der Waals surface area contributed by atoms with Crippen LogP contribution in [0, 0.1) is 0 Å². The Hall–Kier alpha value is -1.81. The maximum absolute atomic E-state index is 12.8. The Labute approximate surface area is 142 Å². The first kappa shape index (κ1) is 14.8. The summed E-state index contributed by atoms with van der Waals surface area (Å²) in [7, 11) is 1.32. The van der Waals surface area contributed by atoms with E-state index in [2.05, 4.69) is 38.9 Å². The quantitative estimate of drug-likeness (QED) is 0.573. The molecule has 2 aliphatic rings. The van der Waals surface area contributed by atoms with E-state index in [1.807, 2.05) is 18.2 Å². The average Bonchev–Trinajstić information content (AvgIpc) is 3.00. The third-order valence-corrected chi connectivity index (χ3v) is 12.8. The molecule has 112 valence electrons. The number of Topliss-reactive ketones (excluding diaryl/α,β-unsaturated/α-hetero) is 1. The fourth-order valence-electron chi connectivity index (χ4n) is 3.69. The van der Waals surface area contributed by atoms with Crippen molar-refractivity contribution >= 4 is 45.9 Å². The summed E-state index contributed by atoms with van der Waals surface area (Å²) < 4.78 is 9.91. The Morgan fingerprint density at radius 3 is 2.83 bits per heavy atom. The van der Waals surface area contributed by atoms with Crippen molar-refractivity contribution in [2.45, 2.75) is 12.3 Å². The molecule has 1 unspecified atom stereocenters. The number of hydrogen-bond acceptors (Lipinski definition) is 3. The van der Waals surface area contributed by atoms with Gasteiger partial charge in [0.05, 0.1) is 0 Å². The van der Waals surface area contributed by atoms with Gasteiger partial charge in [-0.15, -0.1) is 0 Å². The predicted octanol–water partition coefficient (Wildman–Crippen LogP) is 1.44. The van der Waals surface area contributed by atoms with Gasteiger partial charge in [-0.2, -0.15) is 0 Å². The number of ether oxygens (including phenoxy) is 1. The first-order valence-corrected chi connectivity index (χ1v) is 12.9. The molecule has 4 heteroatoms. The SMILES string of the molecule is COC(=O)CC(=O)C1c2ccc[c](c2)[In]2[CH]=Cc3c1ccc[c]32. The van der Waals surface area contributed by atoms with Crippen molar-refractivity contribution in [3.05, 3.63) is 63.0 Å². The van der Waals surface area contributed by atoms with Gasteiger partial charge < -0.3 is 0 Å². The number of carbonyl (C=O) groups is 2. The Morgan fingerprint density at radius 1 is 1.17 bits per heavy atom. The van der Waals surface area contributed by atoms with E-state index in [0.29, 0.717) is 0 Å². The zero-order valence-corrected chi connectivity index (χ0v) is 16.1. The molecule has 4 rings (SSSR count). The molecule has 23 heavy (non-hydrogen) atoms. The first-order valence-electron chi connectivity index (χ1n) is 7.69. The summed E-state index contributed by atoms with van der Waals surface area (Å²) in [4.78, 5) is 24.4. The van der Waals surface area contributed by atoms with Crippen molar-refractivity contribution in [2.75, 3.05) is 7.11 Å². The van der Waals surface area contributed by atoms with Crippen LogP contribution in [0.4, 0.5) is 0 Å². The molecule has 0 fully saturated rings. The molecule has 2 heterocycles. The standard InChI is InChI=1S/C19H15O3.In/c1-3-14-9-7-8-12-16(14)19(15-10-5-4-6-11-15)17(20)13-18(21)22-2;/h1,3-5,7-8,10-12,19H,13H2,2H3;. The van der Waals surface area contributed by atoms with Crippen molar-refractivity contribution in [3.63, 3.8) is 0 Å². The molecule has 0 saturated carbocycles. The summed E-state index contributed by atoms with van der Waals surface area (Å²) in [5.41, 5.74) is 3.24. The Balaban J connectivity index is 1.90. The first-order chi connectivity index (χ1) is 11.2. The van der Waals surface area contributed by atoms with Crippen LogP contribution in [-0.4, -0.2) is 40.3 Å². The number of fused-ring (bicyclic) bond motifs is 3. The van der Waals surface area contributed by atoms with Crippen LogP contribution in [0.3, 0.4) is 0 Å². The molecule has 0 radical (unpaired) electrons. The third-order valence-electron chi connectivity index (χ3n) is 4.75. The number of hydrogen-bond donors (Lipinski definition) is 0. The van der Waals surface area contributed by atoms with E-state index < -0.39 is 27.4 Å². The topological polar surface area (TPSA) is 43.4 Å². The van der Waals surface area contributed by atoms with Crippen molar-refractivity contribution in [1.29, 1.82) is 0 Å². The van der Waals surface area contributed by atoms with Crippen molar-refractivity contribution in [2.24, 2.45) is 0 Å². The number of carbonyl (C=O) groups excluding carboxylic acids is 2. The Morgan fingerprint density at radius 2 is 2.00 bits per heavy atom. The molecule has 0 spiro atoms. The number of esters is 1. The number of ketones is 1. The van der Waals surface area contributed by atoms with E-state index in [1.54, 1.807) is 0 Å². The van der Waals surface area contributed by atoms with E-state index in [9.17, 15) is 9.59 Å². The molecule has 1 atom stereocenters. The molecule has 6 bridgehead atoms. The van der Waals surface area contributed by atoms with E-state index in [4.69, 9.17) is 0 Å². The van der Waals surface area contributed by atoms with Gasteiger partial charge in [-0.1, -0.05) is 0 Å². The predicted molar refractivity (Wildman–Crippen MR) is 90.4 cm³/mol. The van der Waals surface area contributed by atoms with Crippen LogP contribution in [-0.2, 0) is 14.3 Å². The van der Waals surface area contributed by atoms with Crippen LogP contribution >= 0.6 is 0 Å². The molecule has 2 aromatic carbocycles. The fraction of sp³-hybridized carbons (Fsp3) is 0.158. The van der Waals surface area contributed by atoms with Crippen molar-refractivity contribution in [3.8, 4) is 0 Å². The van der Waals surface area contributed by atoms with Crippen LogP contribution in [0.15, 0.2) is 46.3 Å². The average molecular weight is 406 g/mol. The molecule has 2 aliphatic heterocycles. The van der Waals surface area contributed by atoms with Crippen molar-refractivity contribution in [1.82, 2.24) is 0 Å². The van der Waals surface area contributed by atoms with E-state index in [0.717, 1.165) is 11.1 Å². The van der Waals surface area contributed by atoms with Gasteiger partial charge in [-0.05, 0) is 0 Å². The Bertz CT molecular complexity index is 853. The second-order valence-corrected chi connectivity index (χ2v) is 13.5. The molecular formula is C19H15InO3. The van der Waals surface area contributed by atoms with Gasteiger partial charge in [-0.25, -0.2) is 0 Å². The monoisotopic (exact) mass is 406 g/mol. The summed E-state index contributed by atoms with van der Waals surface area (Å²) in [6.07, 6.45) is 2.01. The minimum absolute atomic E-state index is 0.101. The molecule has 0 saturated heterocycles. The van der Waals surface area contributed by atoms with E-state index in [-0.39, 0.29) is 18.1 Å². The Kier molecular flexibility index (Phi) is 3.64. The normalized spacial score (nSPS) is 16.7. The van der Waals surface area contributed by atoms with Crippen molar-refractivity contribution < 1.29 is 14.3 Å². The van der Waals surface area contributed by atoms with E-state index in [1.165, 1.54) is 19.3 Å². The van der Waals surface area contributed by atoms with Gasteiger partial charge in [0.15, 0.2) is 0 Å². The summed E-state index contributed by atoms with van der Waals surface area (Å²) in [5.74, 6) is -0.969. The number of methoxy groups -OCH3 is 1. The van der Waals surface area contributed by atoms with Crippen LogP contribution in [0.2, 0.25) is 0 Å². The van der Waals surface area contributed by atoms with Gasteiger partial charge in [0.25, 0.3) is 0 Å². The second-order valence-electron chi connectivity index (χ2n) is 6.01. The van der Waals surface area contributed by atoms with E-state index >= 15 is 0 Å². The molecule has 2 aromatic rings. The molecule has 0 aliphatic carbocycles. The van der Waals surface area contributed by atoms with Crippen LogP contribution < -0.4 is 6.64 Å². The third kappa shape index (κ3) is 2.36.